The zero-order valence-corrected chi connectivity index (χ0v) is 13.8. The van der Waals surface area contributed by atoms with Crippen LogP contribution >= 0.6 is 0 Å². The highest BCUT2D eigenvalue weighted by Crippen LogP contribution is 2.44. The Morgan fingerprint density at radius 3 is 2.44 bits per heavy atom. The largest absolute Gasteiger partial charge is 0.416 e. The molecule has 7 heteroatoms. The van der Waals surface area contributed by atoms with Crippen LogP contribution in [0.15, 0.2) is 24.3 Å². The van der Waals surface area contributed by atoms with Gasteiger partial charge >= 0.3 is 6.18 Å². The van der Waals surface area contributed by atoms with Gasteiger partial charge in [-0.2, -0.15) is 13.2 Å². The number of primary amides is 1. The lowest BCUT2D eigenvalue weighted by Gasteiger charge is -2.33. The molecule has 0 unspecified atom stereocenters. The second-order valence-corrected chi connectivity index (χ2v) is 7.01. The van der Waals surface area contributed by atoms with Crippen LogP contribution in [-0.2, 0) is 21.2 Å². The molecule has 0 radical (unpaired) electrons. The van der Waals surface area contributed by atoms with E-state index in [-0.39, 0.29) is 18.4 Å². The Bertz CT molecular complexity index is 681. The van der Waals surface area contributed by atoms with Crippen LogP contribution in [0.5, 0.6) is 0 Å². The molecule has 1 aliphatic carbocycles. The van der Waals surface area contributed by atoms with E-state index in [1.54, 1.807) is 11.0 Å². The molecular formula is C18H21F3N2O2. The number of amides is 2. The van der Waals surface area contributed by atoms with Gasteiger partial charge in [0.2, 0.25) is 11.8 Å². The molecule has 1 saturated carbocycles. The zero-order chi connectivity index (χ0) is 18.2. The van der Waals surface area contributed by atoms with Gasteiger partial charge in [-0.15, -0.1) is 0 Å². The summed E-state index contributed by atoms with van der Waals surface area (Å²) in [6.07, 6.45) is -1.26. The van der Waals surface area contributed by atoms with E-state index < -0.39 is 23.1 Å². The first-order valence-electron chi connectivity index (χ1n) is 8.50. The van der Waals surface area contributed by atoms with Gasteiger partial charge in [0.25, 0.3) is 0 Å². The number of likely N-dealkylation sites (tertiary alicyclic amines) is 1. The van der Waals surface area contributed by atoms with Crippen LogP contribution in [0.3, 0.4) is 0 Å². The summed E-state index contributed by atoms with van der Waals surface area (Å²) in [6, 6.07) is 5.10. The molecule has 4 nitrogen and oxygen atoms in total. The molecule has 0 spiro atoms. The van der Waals surface area contributed by atoms with Crippen molar-refractivity contribution in [3.8, 4) is 0 Å². The van der Waals surface area contributed by atoms with E-state index in [1.807, 2.05) is 0 Å². The first-order chi connectivity index (χ1) is 11.7. The molecule has 1 aromatic carbocycles. The van der Waals surface area contributed by atoms with E-state index in [2.05, 4.69) is 0 Å². The molecule has 1 heterocycles. The molecule has 2 aliphatic rings. The van der Waals surface area contributed by atoms with E-state index in [4.69, 9.17) is 5.73 Å². The lowest BCUT2D eigenvalue weighted by molar-refractivity contribution is -0.139. The van der Waals surface area contributed by atoms with Crippen molar-refractivity contribution in [3.05, 3.63) is 35.4 Å². The highest BCUT2D eigenvalue weighted by molar-refractivity contribution is 5.90. The number of rotatable bonds is 3. The van der Waals surface area contributed by atoms with Crippen LogP contribution in [0, 0.1) is 5.92 Å². The van der Waals surface area contributed by atoms with Gasteiger partial charge in [-0.3, -0.25) is 9.59 Å². The number of benzene rings is 1. The second kappa shape index (κ2) is 6.35. The molecule has 2 amide bonds. The van der Waals surface area contributed by atoms with Crippen LogP contribution in [0.1, 0.15) is 43.2 Å². The summed E-state index contributed by atoms with van der Waals surface area (Å²) >= 11 is 0. The molecule has 0 bridgehead atoms. The summed E-state index contributed by atoms with van der Waals surface area (Å²) in [5.74, 6) is -0.980. The quantitative estimate of drug-likeness (QED) is 0.907. The summed E-state index contributed by atoms with van der Waals surface area (Å²) in [6.45, 7) is 0.683. The Kier molecular flexibility index (Phi) is 4.51. The maximum Gasteiger partial charge on any atom is 0.416 e. The van der Waals surface area contributed by atoms with Crippen LogP contribution in [0.4, 0.5) is 13.2 Å². The number of hydrogen-bond acceptors (Lipinski definition) is 2. The Labute approximate surface area is 144 Å². The minimum atomic E-state index is -4.44. The summed E-state index contributed by atoms with van der Waals surface area (Å²) in [5, 5.41) is 0. The highest BCUT2D eigenvalue weighted by atomic mass is 19.4. The smallest absolute Gasteiger partial charge is 0.369 e. The average molecular weight is 354 g/mol. The molecule has 0 aromatic heterocycles. The molecule has 25 heavy (non-hydrogen) atoms. The van der Waals surface area contributed by atoms with Gasteiger partial charge in [0.1, 0.15) is 0 Å². The Hall–Kier alpha value is -2.05. The van der Waals surface area contributed by atoms with E-state index in [0.29, 0.717) is 31.4 Å². The fraction of sp³-hybridized carbons (Fsp3) is 0.556. The predicted molar refractivity (Wildman–Crippen MR) is 85.5 cm³/mol. The monoisotopic (exact) mass is 354 g/mol. The van der Waals surface area contributed by atoms with E-state index in [0.717, 1.165) is 25.0 Å². The minimum absolute atomic E-state index is 0.173. The Morgan fingerprint density at radius 2 is 1.88 bits per heavy atom. The van der Waals surface area contributed by atoms with Crippen LogP contribution in [0.2, 0.25) is 0 Å². The number of nitrogens with two attached hydrogens (primary N) is 1. The summed E-state index contributed by atoms with van der Waals surface area (Å²) in [4.78, 5) is 26.1. The number of nitrogens with zero attached hydrogens (tertiary/aromatic N) is 1. The number of hydrogen-bond donors (Lipinski definition) is 1. The molecule has 2 fully saturated rings. The van der Waals surface area contributed by atoms with Crippen LogP contribution in [-0.4, -0.2) is 29.8 Å². The molecule has 2 N–H and O–H groups in total. The zero-order valence-electron chi connectivity index (χ0n) is 13.8. The third-order valence-electron chi connectivity index (χ3n) is 5.49. The SMILES string of the molecule is NC(=O)[C@@H]1CCN(C(=O)C2(c3cccc(C(F)(F)F)c3)CCCC2)C1. The fourth-order valence-corrected chi connectivity index (χ4v) is 4.08. The van der Waals surface area contributed by atoms with Gasteiger partial charge in [0.05, 0.1) is 16.9 Å². The summed E-state index contributed by atoms with van der Waals surface area (Å²) in [7, 11) is 0. The first-order valence-corrected chi connectivity index (χ1v) is 8.50. The van der Waals surface area contributed by atoms with Crippen molar-refractivity contribution in [2.75, 3.05) is 13.1 Å². The van der Waals surface area contributed by atoms with Crippen molar-refractivity contribution in [2.45, 2.75) is 43.7 Å². The summed E-state index contributed by atoms with van der Waals surface area (Å²) < 4.78 is 39.2. The van der Waals surface area contributed by atoms with E-state index in [9.17, 15) is 22.8 Å². The van der Waals surface area contributed by atoms with Crippen molar-refractivity contribution >= 4 is 11.8 Å². The third kappa shape index (κ3) is 3.24. The Balaban J connectivity index is 1.92. The van der Waals surface area contributed by atoms with Crippen molar-refractivity contribution < 1.29 is 22.8 Å². The predicted octanol–water partition coefficient (Wildman–Crippen LogP) is 2.85. The van der Waals surface area contributed by atoms with Crippen LogP contribution < -0.4 is 5.73 Å². The normalized spacial score (nSPS) is 23.0. The molecule has 1 aliphatic heterocycles. The maximum atomic E-state index is 13.2. The van der Waals surface area contributed by atoms with Crippen molar-refractivity contribution in [2.24, 2.45) is 11.7 Å². The Morgan fingerprint density at radius 1 is 1.20 bits per heavy atom. The standard InChI is InChI=1S/C18H21F3N2O2/c19-18(20,21)14-5-3-4-13(10-14)17(7-1-2-8-17)16(25)23-9-6-12(11-23)15(22)24/h3-5,10,12H,1-2,6-9,11H2,(H2,22,24)/t12-/m1/s1. The van der Waals surface area contributed by atoms with E-state index >= 15 is 0 Å². The fourth-order valence-electron chi connectivity index (χ4n) is 4.08. The molecule has 3 rings (SSSR count). The van der Waals surface area contributed by atoms with Crippen molar-refractivity contribution in [1.29, 1.82) is 0 Å². The second-order valence-electron chi connectivity index (χ2n) is 7.01. The molecule has 1 aromatic rings. The first kappa shape index (κ1) is 17.8. The topological polar surface area (TPSA) is 63.4 Å². The maximum absolute atomic E-state index is 13.2. The van der Waals surface area contributed by atoms with Gasteiger partial charge < -0.3 is 10.6 Å². The third-order valence-corrected chi connectivity index (χ3v) is 5.49. The molecule has 136 valence electrons. The van der Waals surface area contributed by atoms with Gasteiger partial charge in [0, 0.05) is 13.1 Å². The lowest BCUT2D eigenvalue weighted by atomic mass is 9.77. The van der Waals surface area contributed by atoms with Crippen molar-refractivity contribution in [3.63, 3.8) is 0 Å². The van der Waals surface area contributed by atoms with Gasteiger partial charge in [-0.1, -0.05) is 31.0 Å². The summed E-state index contributed by atoms with van der Waals surface area (Å²) in [5.41, 5.74) is 4.09. The average Bonchev–Trinajstić information content (AvgIpc) is 3.24. The van der Waals surface area contributed by atoms with E-state index in [1.165, 1.54) is 6.07 Å². The number of halogens is 3. The minimum Gasteiger partial charge on any atom is -0.369 e. The molecule has 1 atom stereocenters. The highest BCUT2D eigenvalue weighted by Gasteiger charge is 2.47. The van der Waals surface area contributed by atoms with Gasteiger partial charge in [-0.05, 0) is 30.9 Å². The number of alkyl halides is 3. The molecular weight excluding hydrogens is 333 g/mol. The van der Waals surface area contributed by atoms with Crippen LogP contribution in [0.25, 0.3) is 0 Å². The number of carbonyl (C=O) groups excluding carboxylic acids is 2. The van der Waals surface area contributed by atoms with Crippen molar-refractivity contribution in [1.82, 2.24) is 4.90 Å². The lowest BCUT2D eigenvalue weighted by Crippen LogP contribution is -2.45. The van der Waals surface area contributed by atoms with Gasteiger partial charge in [0.15, 0.2) is 0 Å². The van der Waals surface area contributed by atoms with Gasteiger partial charge in [-0.25, -0.2) is 0 Å². The molecule has 1 saturated heterocycles. The number of carbonyl (C=O) groups is 2.